The van der Waals surface area contributed by atoms with Crippen molar-refractivity contribution in [2.45, 2.75) is 41.2 Å². The second kappa shape index (κ2) is 8.69. The summed E-state index contributed by atoms with van der Waals surface area (Å²) >= 11 is 0. The predicted molar refractivity (Wildman–Crippen MR) is 107 cm³/mol. The van der Waals surface area contributed by atoms with Gasteiger partial charge in [0.25, 0.3) is 0 Å². The van der Waals surface area contributed by atoms with Crippen molar-refractivity contribution in [1.29, 1.82) is 0 Å². The van der Waals surface area contributed by atoms with Gasteiger partial charge < -0.3 is 9.84 Å². The number of halogens is 2. The van der Waals surface area contributed by atoms with Crippen molar-refractivity contribution in [3.63, 3.8) is 0 Å². The Morgan fingerprint density at radius 3 is 2.48 bits per heavy atom. The summed E-state index contributed by atoms with van der Waals surface area (Å²) < 4.78 is 34.9. The van der Waals surface area contributed by atoms with Gasteiger partial charge in [0.15, 0.2) is 17.2 Å². The first-order valence-corrected chi connectivity index (χ1v) is 8.91. The third kappa shape index (κ3) is 4.62. The smallest absolute Gasteiger partial charge is 0.182 e. The fourth-order valence-corrected chi connectivity index (χ4v) is 3.00. The molecule has 156 valence electrons. The summed E-state index contributed by atoms with van der Waals surface area (Å²) in [7, 11) is 0. The van der Waals surface area contributed by atoms with Gasteiger partial charge in [0.05, 0.1) is 11.3 Å². The molecule has 0 spiro atoms. The maximum Gasteiger partial charge on any atom is 0.182 e. The quantitative estimate of drug-likeness (QED) is 0.579. The first-order chi connectivity index (χ1) is 13.2. The summed E-state index contributed by atoms with van der Waals surface area (Å²) in [6.45, 7) is 4.91. The second-order valence-corrected chi connectivity index (χ2v) is 7.52. The van der Waals surface area contributed by atoms with E-state index < -0.39 is 17.0 Å². The Balaban J connectivity index is 0.00000300. The van der Waals surface area contributed by atoms with E-state index in [1.165, 1.54) is 18.2 Å². The van der Waals surface area contributed by atoms with E-state index >= 15 is 0 Å². The Labute approximate surface area is 169 Å². The average Bonchev–Trinajstić information content (AvgIpc) is 2.97. The number of aliphatic hydroxyl groups is 1. The van der Waals surface area contributed by atoms with Crippen molar-refractivity contribution in [3.8, 4) is 5.75 Å². The number of pyridine rings is 1. The van der Waals surface area contributed by atoms with Crippen molar-refractivity contribution in [3.05, 3.63) is 65.1 Å². The van der Waals surface area contributed by atoms with Crippen molar-refractivity contribution < 1.29 is 23.4 Å². The van der Waals surface area contributed by atoms with E-state index in [0.29, 0.717) is 22.8 Å². The number of rotatable bonds is 7. The van der Waals surface area contributed by atoms with Gasteiger partial charge in [0.2, 0.25) is 0 Å². The van der Waals surface area contributed by atoms with Crippen LogP contribution in [0.3, 0.4) is 0 Å². The monoisotopic (exact) mass is 404 g/mol. The lowest BCUT2D eigenvalue weighted by Crippen LogP contribution is -2.22. The minimum absolute atomic E-state index is 0. The lowest BCUT2D eigenvalue weighted by Gasteiger charge is -2.20. The number of carbonyl (C=O) groups is 1. The summed E-state index contributed by atoms with van der Waals surface area (Å²) in [5, 5.41) is 9.43. The summed E-state index contributed by atoms with van der Waals surface area (Å²) in [6, 6.07) is 6.93. The SMILES string of the molecule is C.Cc1nc2c(OCc3c(F)cccc3F)cccn2c1C(=O)CC(C)(C)CO. The number of benzene rings is 1. The molecule has 0 aliphatic carbocycles. The number of fused-ring (bicyclic) bond motifs is 1. The molecule has 0 radical (unpaired) electrons. The Morgan fingerprint density at radius 1 is 1.21 bits per heavy atom. The number of hydrogen-bond acceptors (Lipinski definition) is 4. The van der Waals surface area contributed by atoms with Crippen molar-refractivity contribution in [2.24, 2.45) is 5.41 Å². The normalized spacial score (nSPS) is 11.4. The minimum atomic E-state index is -0.687. The molecule has 3 rings (SSSR count). The van der Waals surface area contributed by atoms with Crippen LogP contribution in [0, 0.1) is 24.0 Å². The lowest BCUT2D eigenvalue weighted by atomic mass is 9.87. The van der Waals surface area contributed by atoms with E-state index in [2.05, 4.69) is 4.98 Å². The average molecular weight is 404 g/mol. The molecule has 0 aliphatic rings. The number of ketones is 1. The highest BCUT2D eigenvalue weighted by Gasteiger charge is 2.26. The summed E-state index contributed by atoms with van der Waals surface area (Å²) in [6.07, 6.45) is 1.84. The Kier molecular flexibility index (Phi) is 6.74. The molecule has 0 saturated carbocycles. The molecule has 0 saturated heterocycles. The molecule has 0 amide bonds. The van der Waals surface area contributed by atoms with Crippen molar-refractivity contribution in [1.82, 2.24) is 9.38 Å². The number of aliphatic hydroxyl groups excluding tert-OH is 1. The number of aromatic nitrogens is 2. The first kappa shape index (κ1) is 22.5. The molecule has 0 aliphatic heterocycles. The van der Waals surface area contributed by atoms with Crippen LogP contribution in [0.2, 0.25) is 0 Å². The van der Waals surface area contributed by atoms with Gasteiger partial charge in [-0.15, -0.1) is 0 Å². The molecule has 5 nitrogen and oxygen atoms in total. The number of imidazole rings is 1. The standard InChI is InChI=1S/C21H22F2N2O3.CH4/c1-13-19(17(27)10-21(2,3)12-26)25-9-5-8-18(20(25)24-13)28-11-14-15(22)6-4-7-16(14)23;/h4-9,26H,10-12H2,1-3H3;1H4. The molecule has 0 atom stereocenters. The van der Waals surface area contributed by atoms with Gasteiger partial charge >= 0.3 is 0 Å². The molecule has 2 heterocycles. The maximum absolute atomic E-state index is 13.8. The Hall–Kier alpha value is -2.80. The van der Waals surface area contributed by atoms with Crippen molar-refractivity contribution in [2.75, 3.05) is 6.61 Å². The molecule has 1 N–H and O–H groups in total. The van der Waals surface area contributed by atoms with Crippen LogP contribution in [0.1, 0.15) is 49.4 Å². The van der Waals surface area contributed by atoms with E-state index in [1.807, 2.05) is 0 Å². The van der Waals surface area contributed by atoms with Gasteiger partial charge in [-0.1, -0.05) is 27.3 Å². The van der Waals surface area contributed by atoms with E-state index in [0.717, 1.165) is 0 Å². The summed E-state index contributed by atoms with van der Waals surface area (Å²) in [4.78, 5) is 17.2. The molecule has 1 aromatic carbocycles. The molecule has 3 aromatic rings. The molecular formula is C22H26F2N2O3. The minimum Gasteiger partial charge on any atom is -0.485 e. The van der Waals surface area contributed by atoms with Crippen LogP contribution in [0.4, 0.5) is 8.78 Å². The zero-order chi connectivity index (χ0) is 20.5. The highest BCUT2D eigenvalue weighted by atomic mass is 19.1. The fourth-order valence-electron chi connectivity index (χ4n) is 3.00. The lowest BCUT2D eigenvalue weighted by molar-refractivity contribution is 0.0852. The number of nitrogens with zero attached hydrogens (tertiary/aromatic N) is 2. The largest absolute Gasteiger partial charge is 0.485 e. The fraction of sp³-hybridized carbons (Fsp3) is 0.364. The number of Topliss-reactive ketones (excluding diaryl/α,β-unsaturated/α-hetero) is 1. The number of aryl methyl sites for hydroxylation is 1. The Morgan fingerprint density at radius 2 is 1.86 bits per heavy atom. The third-order valence-electron chi connectivity index (χ3n) is 4.55. The van der Waals surface area contributed by atoms with Crippen LogP contribution in [-0.2, 0) is 6.61 Å². The highest BCUT2D eigenvalue weighted by Crippen LogP contribution is 2.27. The number of carbonyl (C=O) groups excluding carboxylic acids is 1. The van der Waals surface area contributed by atoms with Crippen LogP contribution in [0.15, 0.2) is 36.5 Å². The van der Waals surface area contributed by atoms with E-state index in [4.69, 9.17) is 4.74 Å². The molecule has 0 unspecified atom stereocenters. The molecule has 7 heteroatoms. The second-order valence-electron chi connectivity index (χ2n) is 7.52. The number of ether oxygens (including phenoxy) is 1. The van der Waals surface area contributed by atoms with Crippen LogP contribution < -0.4 is 4.74 Å². The molecule has 0 bridgehead atoms. The van der Waals surface area contributed by atoms with Gasteiger partial charge in [-0.05, 0) is 36.6 Å². The summed E-state index contributed by atoms with van der Waals surface area (Å²) in [5.74, 6) is -1.21. The van der Waals surface area contributed by atoms with Crippen molar-refractivity contribution >= 4 is 11.4 Å². The third-order valence-corrected chi connectivity index (χ3v) is 4.55. The zero-order valence-corrected chi connectivity index (χ0v) is 16.0. The van der Waals surface area contributed by atoms with Gasteiger partial charge in [0.1, 0.15) is 23.9 Å². The van der Waals surface area contributed by atoms with Gasteiger partial charge in [-0.2, -0.15) is 0 Å². The molecule has 2 aromatic heterocycles. The van der Waals surface area contributed by atoms with E-state index in [9.17, 15) is 18.7 Å². The highest BCUT2D eigenvalue weighted by molar-refractivity contribution is 5.97. The topological polar surface area (TPSA) is 63.8 Å². The van der Waals surface area contributed by atoms with Crippen LogP contribution in [0.25, 0.3) is 5.65 Å². The predicted octanol–water partition coefficient (Wildman–Crippen LogP) is 4.73. The summed E-state index contributed by atoms with van der Waals surface area (Å²) in [5.41, 5.74) is 0.589. The Bertz CT molecular complexity index is 1010. The van der Waals surface area contributed by atoms with Crippen LogP contribution in [-0.4, -0.2) is 26.9 Å². The van der Waals surface area contributed by atoms with Gasteiger partial charge in [-0.3, -0.25) is 9.20 Å². The van der Waals surface area contributed by atoms with Crippen LogP contribution in [0.5, 0.6) is 5.75 Å². The first-order valence-electron chi connectivity index (χ1n) is 8.91. The molecular weight excluding hydrogens is 378 g/mol. The molecule has 0 fully saturated rings. The van der Waals surface area contributed by atoms with Crippen LogP contribution >= 0.6 is 0 Å². The van der Waals surface area contributed by atoms with E-state index in [1.54, 1.807) is 43.5 Å². The maximum atomic E-state index is 13.8. The zero-order valence-electron chi connectivity index (χ0n) is 16.0. The number of hydrogen-bond donors (Lipinski definition) is 1. The van der Waals surface area contributed by atoms with E-state index in [-0.39, 0.29) is 38.4 Å². The van der Waals surface area contributed by atoms with Gasteiger partial charge in [-0.25, -0.2) is 13.8 Å². The van der Waals surface area contributed by atoms with Gasteiger partial charge in [0, 0.05) is 19.2 Å². The molecule has 29 heavy (non-hydrogen) atoms.